The number of rotatable bonds is 38. The summed E-state index contributed by atoms with van der Waals surface area (Å²) in [6.07, 6.45) is 23.3. The highest BCUT2D eigenvalue weighted by Gasteiger charge is 2.29. The Morgan fingerprint density at radius 2 is 0.731 bits per heavy atom. The summed E-state index contributed by atoms with van der Waals surface area (Å²) in [5.74, 6) is -5.17. The molecule has 0 saturated carbocycles. The van der Waals surface area contributed by atoms with Gasteiger partial charge in [-0.15, -0.1) is 0 Å². The highest BCUT2D eigenvalue weighted by Crippen LogP contribution is 2.19. The second-order valence-corrected chi connectivity index (χ2v) is 14.4. The predicted octanol–water partition coefficient (Wildman–Crippen LogP) is 7.11. The first kappa shape index (κ1) is 49.2. The van der Waals surface area contributed by atoms with Gasteiger partial charge in [-0.3, -0.25) is 38.7 Å². The SMILES string of the molecule is CCCCCCCCCCCCC(CN(COC(C)=O)CC(CCCCCCCCCCCC)N(CC(=O)O)CC(=O)O)N(CC(=O)O)CC(=O)O. The molecule has 0 fully saturated rings. The van der Waals surface area contributed by atoms with Gasteiger partial charge in [0.25, 0.3) is 0 Å². The van der Waals surface area contributed by atoms with Crippen molar-refractivity contribution in [3.63, 3.8) is 0 Å². The maximum Gasteiger partial charge on any atom is 0.317 e. The Morgan fingerprint density at radius 3 is 0.981 bits per heavy atom. The molecule has 52 heavy (non-hydrogen) atoms. The Hall–Kier alpha value is -2.77. The maximum atomic E-state index is 11.9. The average molecular weight is 744 g/mol. The van der Waals surface area contributed by atoms with E-state index in [4.69, 9.17) is 4.74 Å². The number of carboxylic acid groups (broad SMARTS) is 4. The van der Waals surface area contributed by atoms with Gasteiger partial charge in [-0.05, 0) is 12.8 Å². The van der Waals surface area contributed by atoms with Gasteiger partial charge < -0.3 is 25.2 Å². The van der Waals surface area contributed by atoms with Gasteiger partial charge in [-0.1, -0.05) is 142 Å². The van der Waals surface area contributed by atoms with Gasteiger partial charge in [0, 0.05) is 32.1 Å². The molecular formula is C39H73N3O10. The topological polar surface area (TPSA) is 185 Å². The van der Waals surface area contributed by atoms with Gasteiger partial charge in [-0.2, -0.15) is 0 Å². The third kappa shape index (κ3) is 29.8. The lowest BCUT2D eigenvalue weighted by Crippen LogP contribution is -2.53. The maximum absolute atomic E-state index is 11.9. The highest BCUT2D eigenvalue weighted by molar-refractivity contribution is 5.73. The zero-order valence-electron chi connectivity index (χ0n) is 32.7. The molecule has 0 aromatic carbocycles. The first-order valence-corrected chi connectivity index (χ1v) is 20.1. The normalized spacial score (nSPS) is 12.7. The van der Waals surface area contributed by atoms with Gasteiger partial charge in [0.2, 0.25) is 0 Å². The lowest BCUT2D eigenvalue weighted by Gasteiger charge is -2.37. The van der Waals surface area contributed by atoms with Crippen LogP contribution in [0.5, 0.6) is 0 Å². The van der Waals surface area contributed by atoms with Crippen LogP contribution in [0.3, 0.4) is 0 Å². The van der Waals surface area contributed by atoms with Crippen molar-refractivity contribution in [1.29, 1.82) is 0 Å². The van der Waals surface area contributed by atoms with E-state index in [0.29, 0.717) is 12.8 Å². The van der Waals surface area contributed by atoms with Crippen LogP contribution in [0.4, 0.5) is 0 Å². The van der Waals surface area contributed by atoms with Crippen molar-refractivity contribution in [1.82, 2.24) is 14.7 Å². The minimum atomic E-state index is -1.16. The van der Waals surface area contributed by atoms with Gasteiger partial charge in [0.05, 0.1) is 26.2 Å². The first-order chi connectivity index (χ1) is 24.9. The lowest BCUT2D eigenvalue weighted by molar-refractivity contribution is -0.146. The monoisotopic (exact) mass is 744 g/mol. The number of nitrogens with zero attached hydrogens (tertiary/aromatic N) is 3. The number of ether oxygens (including phenoxy) is 1. The molecule has 2 atom stereocenters. The Labute approximate surface area is 313 Å². The van der Waals surface area contributed by atoms with Crippen LogP contribution in [0, 0.1) is 0 Å². The van der Waals surface area contributed by atoms with Crippen LogP contribution in [0.25, 0.3) is 0 Å². The van der Waals surface area contributed by atoms with E-state index in [-0.39, 0.29) is 19.8 Å². The third-order valence-electron chi connectivity index (χ3n) is 9.56. The van der Waals surface area contributed by atoms with E-state index in [1.807, 2.05) is 0 Å². The van der Waals surface area contributed by atoms with Crippen molar-refractivity contribution < 1.29 is 49.1 Å². The van der Waals surface area contributed by atoms with E-state index in [1.165, 1.54) is 80.9 Å². The van der Waals surface area contributed by atoms with Crippen LogP contribution in [0.15, 0.2) is 0 Å². The molecule has 0 heterocycles. The number of carbonyl (C=O) groups is 5. The fourth-order valence-corrected chi connectivity index (χ4v) is 6.79. The van der Waals surface area contributed by atoms with E-state index < -0.39 is 68.1 Å². The van der Waals surface area contributed by atoms with E-state index >= 15 is 0 Å². The Bertz CT molecular complexity index is 869. The molecule has 0 aliphatic heterocycles. The van der Waals surface area contributed by atoms with Crippen molar-refractivity contribution in [2.24, 2.45) is 0 Å². The number of unbranched alkanes of at least 4 members (excludes halogenated alkanes) is 18. The van der Waals surface area contributed by atoms with Crippen LogP contribution < -0.4 is 0 Å². The van der Waals surface area contributed by atoms with E-state index in [0.717, 1.165) is 64.2 Å². The number of hydrogen-bond donors (Lipinski definition) is 4. The molecule has 13 nitrogen and oxygen atoms in total. The summed E-state index contributed by atoms with van der Waals surface area (Å²) < 4.78 is 5.38. The number of hydrogen-bond acceptors (Lipinski definition) is 9. The van der Waals surface area contributed by atoms with Crippen LogP contribution in [-0.2, 0) is 28.7 Å². The quantitative estimate of drug-likeness (QED) is 0.0285. The minimum Gasteiger partial charge on any atom is -0.480 e. The molecule has 0 aliphatic rings. The summed E-state index contributed by atoms with van der Waals surface area (Å²) in [5, 5.41) is 38.7. The molecule has 0 amide bonds. The molecule has 0 rings (SSSR count). The van der Waals surface area contributed by atoms with E-state index in [9.17, 15) is 44.4 Å². The minimum absolute atomic E-state index is 0.160. The van der Waals surface area contributed by atoms with Gasteiger partial charge in [-0.25, -0.2) is 0 Å². The molecule has 0 aromatic heterocycles. The van der Waals surface area contributed by atoms with Gasteiger partial charge in [0.15, 0.2) is 0 Å². The summed E-state index contributed by atoms with van der Waals surface area (Å²) >= 11 is 0. The molecule has 0 radical (unpaired) electrons. The number of aliphatic carboxylic acids is 4. The lowest BCUT2D eigenvalue weighted by atomic mass is 10.0. The molecule has 4 N–H and O–H groups in total. The van der Waals surface area contributed by atoms with Crippen LogP contribution in [-0.4, -0.2) is 123 Å². The van der Waals surface area contributed by atoms with E-state index in [2.05, 4.69) is 13.8 Å². The Kier molecular flexibility index (Phi) is 31.1. The molecule has 13 heteroatoms. The highest BCUT2D eigenvalue weighted by atomic mass is 16.5. The molecule has 0 saturated heterocycles. The number of carboxylic acids is 4. The van der Waals surface area contributed by atoms with E-state index in [1.54, 1.807) is 4.90 Å². The van der Waals surface area contributed by atoms with Crippen molar-refractivity contribution in [2.75, 3.05) is 46.0 Å². The second-order valence-electron chi connectivity index (χ2n) is 14.4. The molecule has 2 unspecified atom stereocenters. The summed E-state index contributed by atoms with van der Waals surface area (Å²) in [4.78, 5) is 63.9. The summed E-state index contributed by atoms with van der Waals surface area (Å²) in [7, 11) is 0. The molecule has 0 spiro atoms. The number of esters is 1. The Morgan fingerprint density at radius 1 is 0.462 bits per heavy atom. The van der Waals surface area contributed by atoms with Crippen LogP contribution >= 0.6 is 0 Å². The van der Waals surface area contributed by atoms with Crippen LogP contribution in [0.2, 0.25) is 0 Å². The smallest absolute Gasteiger partial charge is 0.317 e. The van der Waals surface area contributed by atoms with Crippen molar-refractivity contribution in [3.05, 3.63) is 0 Å². The molecule has 0 bridgehead atoms. The fourth-order valence-electron chi connectivity index (χ4n) is 6.79. The second kappa shape index (κ2) is 32.8. The third-order valence-corrected chi connectivity index (χ3v) is 9.56. The predicted molar refractivity (Wildman–Crippen MR) is 202 cm³/mol. The van der Waals surface area contributed by atoms with Crippen molar-refractivity contribution >= 4 is 29.8 Å². The molecule has 0 aromatic rings. The zero-order chi connectivity index (χ0) is 39.0. The number of carbonyl (C=O) groups excluding carboxylic acids is 1. The summed E-state index contributed by atoms with van der Waals surface area (Å²) in [6, 6.07) is -1.02. The van der Waals surface area contributed by atoms with Crippen molar-refractivity contribution in [3.8, 4) is 0 Å². The molecule has 0 aliphatic carbocycles. The summed E-state index contributed by atoms with van der Waals surface area (Å²) in [5.41, 5.74) is 0. The summed E-state index contributed by atoms with van der Waals surface area (Å²) in [6.45, 7) is 3.87. The largest absolute Gasteiger partial charge is 0.480 e. The van der Waals surface area contributed by atoms with Crippen LogP contribution in [0.1, 0.15) is 162 Å². The van der Waals surface area contributed by atoms with Crippen molar-refractivity contribution in [2.45, 2.75) is 174 Å². The molecule has 304 valence electrons. The standard InChI is InChI=1S/C39H73N3O10/c1-4-6-8-10-12-14-16-18-20-22-24-34(41(28-36(44)45)29-37(46)47)26-40(32-52-33(3)43)27-35(42(30-38(48)49)31-39(50)51)25-23-21-19-17-15-13-11-9-7-5-2/h34-35H,4-32H2,1-3H3,(H,44,45)(H,46,47)(H,48,49)(H,50,51). The average Bonchev–Trinajstić information content (AvgIpc) is 3.06. The molecular weight excluding hydrogens is 670 g/mol. The Balaban J connectivity index is 5.90. The van der Waals surface area contributed by atoms with Gasteiger partial charge >= 0.3 is 29.8 Å². The fraction of sp³-hybridized carbons (Fsp3) is 0.872. The zero-order valence-corrected chi connectivity index (χ0v) is 32.7. The van der Waals surface area contributed by atoms with Gasteiger partial charge in [0.1, 0.15) is 6.73 Å². The first-order valence-electron chi connectivity index (χ1n) is 20.1.